The number of hydrogen-bond donors (Lipinski definition) is 1. The molecular formula is C13H18BrNOS. The van der Waals surface area contributed by atoms with Crippen molar-refractivity contribution >= 4 is 27.7 Å². The Labute approximate surface area is 116 Å². The van der Waals surface area contributed by atoms with Gasteiger partial charge in [-0.1, -0.05) is 6.42 Å². The van der Waals surface area contributed by atoms with Gasteiger partial charge in [-0.05, 0) is 59.3 Å². The van der Waals surface area contributed by atoms with E-state index in [2.05, 4.69) is 39.6 Å². The van der Waals surface area contributed by atoms with Crippen LogP contribution in [0.5, 0.6) is 5.75 Å². The van der Waals surface area contributed by atoms with Gasteiger partial charge in [0.25, 0.3) is 0 Å². The Bertz CT molecular complexity index is 391. The molecule has 1 N–H and O–H groups in total. The van der Waals surface area contributed by atoms with E-state index in [4.69, 9.17) is 4.74 Å². The highest BCUT2D eigenvalue weighted by atomic mass is 79.9. The monoisotopic (exact) mass is 315 g/mol. The van der Waals surface area contributed by atoms with Crippen molar-refractivity contribution in [2.45, 2.75) is 30.2 Å². The minimum absolute atomic E-state index is 0.497. The standard InChI is InChI=1S/C13H18BrNOS/c1-16-13-10(14)7-9(8-12(13)17-2)11-5-3-4-6-15-11/h7-8,11,15H,3-6H2,1-2H3. The summed E-state index contributed by atoms with van der Waals surface area (Å²) in [6.07, 6.45) is 5.92. The van der Waals surface area contributed by atoms with Gasteiger partial charge in [-0.3, -0.25) is 0 Å². The second kappa shape index (κ2) is 6.12. The lowest BCUT2D eigenvalue weighted by atomic mass is 9.97. The molecule has 1 aromatic carbocycles. The molecule has 0 bridgehead atoms. The lowest BCUT2D eigenvalue weighted by Gasteiger charge is -2.25. The SMILES string of the molecule is COc1c(Br)cc(C2CCCCN2)cc1SC. The molecule has 0 aromatic heterocycles. The van der Waals surface area contributed by atoms with Gasteiger partial charge in [0.15, 0.2) is 0 Å². The Balaban J connectivity index is 2.31. The first-order chi connectivity index (χ1) is 8.26. The molecule has 0 saturated carbocycles. The summed E-state index contributed by atoms with van der Waals surface area (Å²) in [5.74, 6) is 0.942. The Hall–Kier alpha value is -0.190. The number of rotatable bonds is 3. The number of benzene rings is 1. The first-order valence-corrected chi connectivity index (χ1v) is 7.93. The Morgan fingerprint density at radius 3 is 2.82 bits per heavy atom. The average Bonchev–Trinajstić information content (AvgIpc) is 2.38. The van der Waals surface area contributed by atoms with Gasteiger partial charge in [0, 0.05) is 6.04 Å². The van der Waals surface area contributed by atoms with Crippen LogP contribution in [0.25, 0.3) is 0 Å². The van der Waals surface area contributed by atoms with Crippen molar-refractivity contribution in [1.29, 1.82) is 0 Å². The van der Waals surface area contributed by atoms with E-state index in [9.17, 15) is 0 Å². The van der Waals surface area contributed by atoms with E-state index in [-0.39, 0.29) is 0 Å². The molecule has 0 spiro atoms. The lowest BCUT2D eigenvalue weighted by molar-refractivity contribution is 0.396. The van der Waals surface area contributed by atoms with Gasteiger partial charge in [0.05, 0.1) is 16.5 Å². The maximum absolute atomic E-state index is 5.42. The van der Waals surface area contributed by atoms with E-state index in [1.165, 1.54) is 29.7 Å². The van der Waals surface area contributed by atoms with Crippen molar-refractivity contribution in [1.82, 2.24) is 5.32 Å². The minimum atomic E-state index is 0.497. The van der Waals surface area contributed by atoms with E-state index in [0.717, 1.165) is 16.8 Å². The maximum atomic E-state index is 5.42. The van der Waals surface area contributed by atoms with E-state index < -0.39 is 0 Å². The highest BCUT2D eigenvalue weighted by Crippen LogP contribution is 2.38. The summed E-state index contributed by atoms with van der Waals surface area (Å²) in [7, 11) is 1.72. The van der Waals surface area contributed by atoms with Crippen molar-refractivity contribution in [3.8, 4) is 5.75 Å². The quantitative estimate of drug-likeness (QED) is 0.852. The first kappa shape index (κ1) is 13.2. The van der Waals surface area contributed by atoms with Crippen molar-refractivity contribution in [3.63, 3.8) is 0 Å². The molecule has 2 rings (SSSR count). The predicted octanol–water partition coefficient (Wildman–Crippen LogP) is 3.99. The van der Waals surface area contributed by atoms with Crippen LogP contribution in [-0.2, 0) is 0 Å². The van der Waals surface area contributed by atoms with Gasteiger partial charge in [0.1, 0.15) is 5.75 Å². The van der Waals surface area contributed by atoms with Crippen molar-refractivity contribution in [3.05, 3.63) is 22.2 Å². The van der Waals surface area contributed by atoms with E-state index in [1.54, 1.807) is 18.9 Å². The van der Waals surface area contributed by atoms with Crippen LogP contribution in [-0.4, -0.2) is 19.9 Å². The Morgan fingerprint density at radius 2 is 2.24 bits per heavy atom. The average molecular weight is 316 g/mol. The van der Waals surface area contributed by atoms with Crippen molar-refractivity contribution < 1.29 is 4.74 Å². The second-order valence-electron chi connectivity index (χ2n) is 4.24. The molecular weight excluding hydrogens is 298 g/mol. The third-order valence-electron chi connectivity index (χ3n) is 3.17. The van der Waals surface area contributed by atoms with Crippen molar-refractivity contribution in [2.75, 3.05) is 19.9 Å². The van der Waals surface area contributed by atoms with Crippen LogP contribution >= 0.6 is 27.7 Å². The fourth-order valence-corrected chi connectivity index (χ4v) is 3.68. The Morgan fingerprint density at radius 1 is 1.41 bits per heavy atom. The van der Waals surface area contributed by atoms with Crippen LogP contribution in [0.15, 0.2) is 21.5 Å². The summed E-state index contributed by atoms with van der Waals surface area (Å²) in [5, 5.41) is 3.58. The van der Waals surface area contributed by atoms with Gasteiger partial charge in [-0.2, -0.15) is 0 Å². The molecule has 1 heterocycles. The molecule has 2 nitrogen and oxygen atoms in total. The molecule has 1 atom stereocenters. The molecule has 1 aliphatic rings. The topological polar surface area (TPSA) is 21.3 Å². The highest BCUT2D eigenvalue weighted by molar-refractivity contribution is 9.10. The number of piperidine rings is 1. The van der Waals surface area contributed by atoms with E-state index in [0.29, 0.717) is 6.04 Å². The summed E-state index contributed by atoms with van der Waals surface area (Å²) in [6.45, 7) is 1.13. The number of ether oxygens (including phenoxy) is 1. The lowest BCUT2D eigenvalue weighted by Crippen LogP contribution is -2.26. The number of hydrogen-bond acceptors (Lipinski definition) is 3. The van der Waals surface area contributed by atoms with Gasteiger partial charge in [-0.15, -0.1) is 11.8 Å². The second-order valence-corrected chi connectivity index (χ2v) is 5.94. The predicted molar refractivity (Wildman–Crippen MR) is 77.1 cm³/mol. The molecule has 1 fully saturated rings. The van der Waals surface area contributed by atoms with Gasteiger partial charge in [-0.25, -0.2) is 0 Å². The zero-order valence-corrected chi connectivity index (χ0v) is 12.7. The minimum Gasteiger partial charge on any atom is -0.494 e. The zero-order valence-electron chi connectivity index (χ0n) is 10.3. The Kier molecular flexibility index (Phi) is 4.77. The summed E-state index contributed by atoms with van der Waals surface area (Å²) in [5.41, 5.74) is 1.36. The van der Waals surface area contributed by atoms with Gasteiger partial charge < -0.3 is 10.1 Å². The molecule has 0 radical (unpaired) electrons. The summed E-state index contributed by atoms with van der Waals surface area (Å²) in [4.78, 5) is 1.20. The number of nitrogens with one attached hydrogen (secondary N) is 1. The van der Waals surface area contributed by atoms with Crippen LogP contribution in [0.4, 0.5) is 0 Å². The van der Waals surface area contributed by atoms with Crippen LogP contribution in [0.2, 0.25) is 0 Å². The number of thioether (sulfide) groups is 1. The molecule has 0 aliphatic carbocycles. The van der Waals surface area contributed by atoms with Crippen molar-refractivity contribution in [2.24, 2.45) is 0 Å². The summed E-state index contributed by atoms with van der Waals surface area (Å²) >= 11 is 5.33. The smallest absolute Gasteiger partial charge is 0.146 e. The third kappa shape index (κ3) is 2.98. The van der Waals surface area contributed by atoms with Crippen LogP contribution in [0, 0.1) is 0 Å². The molecule has 17 heavy (non-hydrogen) atoms. The van der Waals surface area contributed by atoms with E-state index in [1.807, 2.05) is 0 Å². The van der Waals surface area contributed by atoms with Gasteiger partial charge in [0.2, 0.25) is 0 Å². The molecule has 1 saturated heterocycles. The summed E-state index contributed by atoms with van der Waals surface area (Å²) in [6, 6.07) is 4.93. The highest BCUT2D eigenvalue weighted by Gasteiger charge is 2.18. The third-order valence-corrected chi connectivity index (χ3v) is 4.50. The van der Waals surface area contributed by atoms with Gasteiger partial charge >= 0.3 is 0 Å². The molecule has 94 valence electrons. The normalized spacial score (nSPS) is 20.3. The fraction of sp³-hybridized carbons (Fsp3) is 0.538. The molecule has 0 amide bonds. The molecule has 1 aliphatic heterocycles. The molecule has 4 heteroatoms. The molecule has 1 unspecified atom stereocenters. The first-order valence-electron chi connectivity index (χ1n) is 5.91. The maximum Gasteiger partial charge on any atom is 0.146 e. The van der Waals surface area contributed by atoms with Crippen LogP contribution < -0.4 is 10.1 Å². The summed E-state index contributed by atoms with van der Waals surface area (Å²) < 4.78 is 6.47. The molecule has 1 aromatic rings. The number of halogens is 1. The largest absolute Gasteiger partial charge is 0.494 e. The zero-order chi connectivity index (χ0) is 12.3. The number of methoxy groups -OCH3 is 1. The van der Waals surface area contributed by atoms with E-state index >= 15 is 0 Å². The van der Waals surface area contributed by atoms with Crippen LogP contribution in [0.1, 0.15) is 30.9 Å². The van der Waals surface area contributed by atoms with Crippen LogP contribution in [0.3, 0.4) is 0 Å². The fourth-order valence-electron chi connectivity index (χ4n) is 2.28.